The molecule has 208 valence electrons. The number of carbonyl (C=O) groups excluding carboxylic acids is 1. The van der Waals surface area contributed by atoms with Crippen molar-refractivity contribution in [2.75, 3.05) is 6.61 Å². The summed E-state index contributed by atoms with van der Waals surface area (Å²) >= 11 is 6.21. The van der Waals surface area contributed by atoms with Gasteiger partial charge in [0.1, 0.15) is 17.6 Å². The second-order valence-corrected chi connectivity index (χ2v) is 9.86. The number of amides is 1. The lowest BCUT2D eigenvalue weighted by Crippen LogP contribution is -2.40. The van der Waals surface area contributed by atoms with Crippen LogP contribution >= 0.6 is 11.6 Å². The van der Waals surface area contributed by atoms with Gasteiger partial charge in [-0.3, -0.25) is 14.4 Å². The number of carboxylic acids is 1. The number of rotatable bonds is 13. The molecule has 0 aliphatic rings. The van der Waals surface area contributed by atoms with Gasteiger partial charge in [0.15, 0.2) is 0 Å². The number of carboxylic acid groups (broad SMARTS) is 1. The van der Waals surface area contributed by atoms with E-state index in [9.17, 15) is 23.9 Å². The summed E-state index contributed by atoms with van der Waals surface area (Å²) in [5, 5.41) is 12.6. The normalized spacial score (nSPS) is 12.5. The van der Waals surface area contributed by atoms with Crippen molar-refractivity contribution in [3.8, 4) is 5.75 Å². The highest BCUT2D eigenvalue weighted by Gasteiger charge is 2.27. The van der Waals surface area contributed by atoms with Crippen molar-refractivity contribution >= 4 is 23.5 Å². The number of unbranched alkanes of at least 4 members (excludes halogenated alkanes) is 1. The Balaban J connectivity index is 1.99. The fourth-order valence-electron chi connectivity index (χ4n) is 4.54. The average molecular weight is 557 g/mol. The third kappa shape index (κ3) is 7.93. The zero-order chi connectivity index (χ0) is 28.5. The van der Waals surface area contributed by atoms with Crippen LogP contribution in [0.15, 0.2) is 59.5 Å². The van der Waals surface area contributed by atoms with Crippen LogP contribution in [0.3, 0.4) is 0 Å². The Bertz CT molecular complexity index is 1350. The van der Waals surface area contributed by atoms with Gasteiger partial charge in [0.05, 0.1) is 19.1 Å². The highest BCUT2D eigenvalue weighted by Crippen LogP contribution is 2.25. The Morgan fingerprint density at radius 1 is 1.15 bits per heavy atom. The summed E-state index contributed by atoms with van der Waals surface area (Å²) in [5.74, 6) is -1.50. The first kappa shape index (κ1) is 29.9. The smallest absolute Gasteiger partial charge is 0.305 e. The lowest BCUT2D eigenvalue weighted by atomic mass is 10.0. The molecular weight excluding hydrogens is 523 g/mol. The summed E-state index contributed by atoms with van der Waals surface area (Å²) in [6, 6.07) is 11.2. The van der Waals surface area contributed by atoms with Crippen LogP contribution in [-0.4, -0.2) is 28.2 Å². The third-order valence-electron chi connectivity index (χ3n) is 6.42. The van der Waals surface area contributed by atoms with Gasteiger partial charge < -0.3 is 19.7 Å². The predicted octanol–water partition coefficient (Wildman–Crippen LogP) is 6.00. The maximum atomic E-state index is 14.5. The monoisotopic (exact) mass is 556 g/mol. The molecule has 1 aromatic heterocycles. The fourth-order valence-corrected chi connectivity index (χ4v) is 4.77. The number of aromatic nitrogens is 1. The first-order chi connectivity index (χ1) is 18.6. The molecule has 1 heterocycles. The number of aliphatic carboxylic acids is 1. The van der Waals surface area contributed by atoms with Crippen molar-refractivity contribution in [1.82, 2.24) is 9.88 Å². The summed E-state index contributed by atoms with van der Waals surface area (Å²) in [6.07, 6.45) is 3.05. The second kappa shape index (κ2) is 13.9. The molecule has 1 amide bonds. The third-order valence-corrected chi connectivity index (χ3v) is 6.77. The molecule has 7 nitrogen and oxygen atoms in total. The van der Waals surface area contributed by atoms with Crippen LogP contribution in [0, 0.1) is 12.7 Å². The Morgan fingerprint density at radius 2 is 1.90 bits per heavy atom. The van der Waals surface area contributed by atoms with Crippen LogP contribution in [0.1, 0.15) is 73.9 Å². The first-order valence-corrected chi connectivity index (χ1v) is 13.4. The van der Waals surface area contributed by atoms with Gasteiger partial charge in [-0.2, -0.15) is 0 Å². The van der Waals surface area contributed by atoms with Crippen molar-refractivity contribution in [3.63, 3.8) is 0 Å². The molecule has 9 heteroatoms. The summed E-state index contributed by atoms with van der Waals surface area (Å²) in [7, 11) is 0. The second-order valence-electron chi connectivity index (χ2n) is 9.45. The van der Waals surface area contributed by atoms with Crippen LogP contribution in [0.5, 0.6) is 5.75 Å². The highest BCUT2D eigenvalue weighted by molar-refractivity contribution is 6.31. The number of hydrogen-bond donors (Lipinski definition) is 2. The quantitative estimate of drug-likeness (QED) is 0.269. The SMILES string of the molecule is CCCC[C@H](C(=O)N[C@@H](CC(=O)O)c1cccc(OCC)c1)n1cc(C)cc(Cc2c(F)cccc2Cl)c1=O. The van der Waals surface area contributed by atoms with E-state index in [2.05, 4.69) is 5.32 Å². The lowest BCUT2D eigenvalue weighted by Gasteiger charge is -2.25. The van der Waals surface area contributed by atoms with Crippen LogP contribution in [-0.2, 0) is 16.0 Å². The van der Waals surface area contributed by atoms with Crippen LogP contribution < -0.4 is 15.6 Å². The van der Waals surface area contributed by atoms with Crippen molar-refractivity contribution in [2.45, 2.75) is 65.0 Å². The predicted molar refractivity (Wildman–Crippen MR) is 149 cm³/mol. The van der Waals surface area contributed by atoms with E-state index in [0.29, 0.717) is 36.3 Å². The zero-order valence-corrected chi connectivity index (χ0v) is 23.1. The Hall–Kier alpha value is -3.65. The molecule has 0 saturated carbocycles. The van der Waals surface area contributed by atoms with E-state index in [-0.39, 0.29) is 23.4 Å². The number of carbonyl (C=O) groups is 2. The maximum absolute atomic E-state index is 14.5. The number of ether oxygens (including phenoxy) is 1. The summed E-state index contributed by atoms with van der Waals surface area (Å²) in [6.45, 7) is 6.06. The Kier molecular flexibility index (Phi) is 10.7. The van der Waals surface area contributed by atoms with Crippen molar-refractivity contribution in [1.29, 1.82) is 0 Å². The Labute approximate surface area is 232 Å². The minimum absolute atomic E-state index is 0.0278. The molecule has 0 unspecified atom stereocenters. The molecule has 2 atom stereocenters. The standard InChI is InChI=1S/C30H34ClFN2O5/c1-4-6-13-27(29(37)33-26(17-28(35)36)20-9-7-10-22(15-20)39-5-2)34-18-19(3)14-21(30(34)38)16-23-24(31)11-8-12-25(23)32/h7-12,14-15,18,26-27H,4-6,13,16-17H2,1-3H3,(H,33,37)(H,35,36)/t26-,27+/m0/s1. The van der Waals surface area contributed by atoms with E-state index >= 15 is 0 Å². The molecule has 0 fully saturated rings. The molecule has 0 radical (unpaired) electrons. The number of hydrogen-bond acceptors (Lipinski definition) is 4. The van der Waals surface area contributed by atoms with Crippen molar-refractivity contribution in [3.05, 3.63) is 98.2 Å². The van der Waals surface area contributed by atoms with Gasteiger partial charge in [-0.15, -0.1) is 0 Å². The van der Waals surface area contributed by atoms with Crippen LogP contribution in [0.4, 0.5) is 4.39 Å². The van der Waals surface area contributed by atoms with Gasteiger partial charge in [0.2, 0.25) is 5.91 Å². The van der Waals surface area contributed by atoms with E-state index in [1.54, 1.807) is 49.5 Å². The van der Waals surface area contributed by atoms with Gasteiger partial charge in [0, 0.05) is 28.8 Å². The Morgan fingerprint density at radius 3 is 2.56 bits per heavy atom. The number of nitrogens with one attached hydrogen (secondary N) is 1. The summed E-state index contributed by atoms with van der Waals surface area (Å²) in [5.41, 5.74) is 1.39. The summed E-state index contributed by atoms with van der Waals surface area (Å²) < 4.78 is 21.4. The van der Waals surface area contributed by atoms with Gasteiger partial charge in [-0.25, -0.2) is 4.39 Å². The van der Waals surface area contributed by atoms with E-state index in [1.165, 1.54) is 16.7 Å². The van der Waals surface area contributed by atoms with Crippen molar-refractivity contribution < 1.29 is 23.8 Å². The molecule has 0 saturated heterocycles. The molecule has 0 aliphatic carbocycles. The summed E-state index contributed by atoms with van der Waals surface area (Å²) in [4.78, 5) is 39.0. The molecule has 0 spiro atoms. The van der Waals surface area contributed by atoms with Crippen LogP contribution in [0.2, 0.25) is 5.02 Å². The molecule has 39 heavy (non-hydrogen) atoms. The molecule has 2 N–H and O–H groups in total. The van der Waals surface area contributed by atoms with E-state index in [1.807, 2.05) is 13.8 Å². The van der Waals surface area contributed by atoms with Gasteiger partial charge in [-0.05, 0) is 61.7 Å². The number of nitrogens with zero attached hydrogens (tertiary/aromatic N) is 1. The molecule has 2 aromatic carbocycles. The number of halogens is 2. The number of benzene rings is 2. The average Bonchev–Trinajstić information content (AvgIpc) is 2.88. The van der Waals surface area contributed by atoms with Gasteiger partial charge >= 0.3 is 5.97 Å². The van der Waals surface area contributed by atoms with Crippen molar-refractivity contribution in [2.24, 2.45) is 0 Å². The van der Waals surface area contributed by atoms with E-state index < -0.39 is 35.3 Å². The minimum Gasteiger partial charge on any atom is -0.494 e. The maximum Gasteiger partial charge on any atom is 0.305 e. The van der Waals surface area contributed by atoms with Gasteiger partial charge in [0.25, 0.3) is 5.56 Å². The molecule has 3 aromatic rings. The first-order valence-electron chi connectivity index (χ1n) is 13.0. The minimum atomic E-state index is -1.08. The van der Waals surface area contributed by atoms with E-state index in [4.69, 9.17) is 16.3 Å². The van der Waals surface area contributed by atoms with E-state index in [0.717, 1.165) is 12.0 Å². The highest BCUT2D eigenvalue weighted by atomic mass is 35.5. The van der Waals surface area contributed by atoms with Gasteiger partial charge in [-0.1, -0.05) is 49.6 Å². The number of pyridine rings is 1. The number of aryl methyl sites for hydroxylation is 1. The molecule has 3 rings (SSSR count). The fraction of sp³-hybridized carbons (Fsp3) is 0.367. The topological polar surface area (TPSA) is 97.6 Å². The lowest BCUT2D eigenvalue weighted by molar-refractivity contribution is -0.138. The van der Waals surface area contributed by atoms with Crippen LogP contribution in [0.25, 0.3) is 0 Å². The largest absolute Gasteiger partial charge is 0.494 e. The molecule has 0 bridgehead atoms. The molecule has 0 aliphatic heterocycles. The molecular formula is C30H34ClFN2O5. The zero-order valence-electron chi connectivity index (χ0n) is 22.4.